The lowest BCUT2D eigenvalue weighted by Gasteiger charge is -2.18. The van der Waals surface area contributed by atoms with Gasteiger partial charge >= 0.3 is 0 Å². The Labute approximate surface area is 185 Å². The minimum Gasteiger partial charge on any atom is -0.490 e. The number of aryl methyl sites for hydroxylation is 2. The predicted octanol–water partition coefficient (Wildman–Crippen LogP) is 4.57. The second-order valence-corrected chi connectivity index (χ2v) is 8.01. The molecule has 5 nitrogen and oxygen atoms in total. The number of aliphatic hydroxyl groups excluding tert-OH is 1. The van der Waals surface area contributed by atoms with E-state index in [1.54, 1.807) is 24.3 Å². The van der Waals surface area contributed by atoms with E-state index in [2.05, 4.69) is 5.10 Å². The van der Waals surface area contributed by atoms with Gasteiger partial charge in [0.25, 0.3) is 5.56 Å². The Balaban J connectivity index is 1.64. The number of aliphatic hydroxyl groups is 1. The van der Waals surface area contributed by atoms with Crippen molar-refractivity contribution in [2.45, 2.75) is 33.4 Å². The topological polar surface area (TPSA) is 64.3 Å². The lowest BCUT2D eigenvalue weighted by atomic mass is 10.0. The maximum atomic E-state index is 13.4. The van der Waals surface area contributed by atoms with Gasteiger partial charge in [-0.25, -0.2) is 9.07 Å². The molecule has 0 spiro atoms. The normalized spacial score (nSPS) is 12.2. The second kappa shape index (κ2) is 8.93. The third-order valence-electron chi connectivity index (χ3n) is 5.66. The van der Waals surface area contributed by atoms with Crippen LogP contribution in [0.1, 0.15) is 16.7 Å². The first kappa shape index (κ1) is 21.7. The highest BCUT2D eigenvalue weighted by Crippen LogP contribution is 2.26. The highest BCUT2D eigenvalue weighted by Gasteiger charge is 2.16. The van der Waals surface area contributed by atoms with Gasteiger partial charge in [0.05, 0.1) is 17.6 Å². The summed E-state index contributed by atoms with van der Waals surface area (Å²) in [6, 6.07) is 17.1. The third kappa shape index (κ3) is 4.27. The summed E-state index contributed by atoms with van der Waals surface area (Å²) in [5, 5.41) is 16.3. The number of hydrogen-bond donors (Lipinski definition) is 1. The molecule has 1 unspecified atom stereocenters. The second-order valence-electron chi connectivity index (χ2n) is 8.01. The summed E-state index contributed by atoms with van der Waals surface area (Å²) in [7, 11) is 0. The molecule has 0 saturated heterocycles. The summed E-state index contributed by atoms with van der Waals surface area (Å²) >= 11 is 0. The van der Waals surface area contributed by atoms with Crippen LogP contribution in [0.2, 0.25) is 0 Å². The molecule has 3 aromatic carbocycles. The van der Waals surface area contributed by atoms with E-state index >= 15 is 0 Å². The Morgan fingerprint density at radius 3 is 2.34 bits per heavy atom. The van der Waals surface area contributed by atoms with E-state index < -0.39 is 6.10 Å². The van der Waals surface area contributed by atoms with Crippen molar-refractivity contribution in [2.24, 2.45) is 0 Å². The number of hydrogen-bond acceptors (Lipinski definition) is 4. The van der Waals surface area contributed by atoms with Crippen molar-refractivity contribution in [1.29, 1.82) is 0 Å². The van der Waals surface area contributed by atoms with E-state index in [-0.39, 0.29) is 24.5 Å². The molecular weight excluding hydrogens is 407 g/mol. The SMILES string of the molecule is Cc1ccc(C)c(OCC(O)Cn2nc(-c3ccc(F)cc3)c3ccccc3c2=O)c1C. The van der Waals surface area contributed by atoms with Crippen LogP contribution in [-0.4, -0.2) is 27.6 Å². The first-order chi connectivity index (χ1) is 15.3. The van der Waals surface area contributed by atoms with Gasteiger partial charge in [-0.3, -0.25) is 4.79 Å². The van der Waals surface area contributed by atoms with Gasteiger partial charge in [0.1, 0.15) is 24.3 Å². The average molecular weight is 432 g/mol. The molecular formula is C26H25FN2O3. The maximum Gasteiger partial charge on any atom is 0.274 e. The number of ether oxygens (including phenoxy) is 1. The molecule has 0 radical (unpaired) electrons. The lowest BCUT2D eigenvalue weighted by Crippen LogP contribution is -2.32. The maximum absolute atomic E-state index is 13.4. The van der Waals surface area contributed by atoms with E-state index in [0.29, 0.717) is 22.0 Å². The van der Waals surface area contributed by atoms with Gasteiger partial charge in [0.15, 0.2) is 0 Å². The number of fused-ring (bicyclic) bond motifs is 1. The Bertz CT molecular complexity index is 1330. The smallest absolute Gasteiger partial charge is 0.274 e. The molecule has 1 aromatic heterocycles. The molecule has 6 heteroatoms. The largest absolute Gasteiger partial charge is 0.490 e. The molecule has 4 rings (SSSR count). The van der Waals surface area contributed by atoms with Crippen LogP contribution in [0.15, 0.2) is 65.5 Å². The Hall–Kier alpha value is -3.51. The van der Waals surface area contributed by atoms with Crippen molar-refractivity contribution in [3.05, 3.63) is 93.5 Å². The predicted molar refractivity (Wildman–Crippen MR) is 124 cm³/mol. The summed E-state index contributed by atoms with van der Waals surface area (Å²) in [5.41, 5.74) is 4.06. The molecule has 0 aliphatic carbocycles. The van der Waals surface area contributed by atoms with Crippen molar-refractivity contribution >= 4 is 10.8 Å². The molecule has 0 bridgehead atoms. The van der Waals surface area contributed by atoms with Gasteiger partial charge in [-0.15, -0.1) is 0 Å². The van der Waals surface area contributed by atoms with Crippen LogP contribution < -0.4 is 10.3 Å². The van der Waals surface area contributed by atoms with Crippen LogP contribution in [0.4, 0.5) is 4.39 Å². The molecule has 0 amide bonds. The zero-order valence-electron chi connectivity index (χ0n) is 18.3. The Morgan fingerprint density at radius 2 is 1.62 bits per heavy atom. The summed E-state index contributed by atoms with van der Waals surface area (Å²) in [4.78, 5) is 13.0. The van der Waals surface area contributed by atoms with Crippen molar-refractivity contribution in [3.8, 4) is 17.0 Å². The molecule has 32 heavy (non-hydrogen) atoms. The number of benzene rings is 3. The van der Waals surface area contributed by atoms with Gasteiger partial charge in [0, 0.05) is 10.9 Å². The fourth-order valence-corrected chi connectivity index (χ4v) is 3.76. The van der Waals surface area contributed by atoms with Gasteiger partial charge in [-0.05, 0) is 67.8 Å². The molecule has 0 aliphatic heterocycles. The van der Waals surface area contributed by atoms with E-state index in [0.717, 1.165) is 22.4 Å². The number of rotatable bonds is 6. The minimum atomic E-state index is -0.943. The summed E-state index contributed by atoms with van der Waals surface area (Å²) in [6.07, 6.45) is -0.943. The minimum absolute atomic E-state index is 0.0258. The van der Waals surface area contributed by atoms with Crippen LogP contribution in [0.25, 0.3) is 22.0 Å². The molecule has 164 valence electrons. The third-order valence-corrected chi connectivity index (χ3v) is 5.66. The quantitative estimate of drug-likeness (QED) is 0.485. The highest BCUT2D eigenvalue weighted by molar-refractivity contribution is 5.93. The average Bonchev–Trinajstić information content (AvgIpc) is 2.79. The standard InChI is InChI=1S/C26H25FN2O3/c1-16-8-9-17(2)25(18(16)3)32-15-21(30)14-29-26(31)23-7-5-4-6-22(23)24(28-29)19-10-12-20(27)13-11-19/h4-13,21,30H,14-15H2,1-3H3. The van der Waals surface area contributed by atoms with Crippen molar-refractivity contribution in [3.63, 3.8) is 0 Å². The number of nitrogens with zero attached hydrogens (tertiary/aromatic N) is 2. The lowest BCUT2D eigenvalue weighted by molar-refractivity contribution is 0.0876. The molecule has 1 heterocycles. The number of aromatic nitrogens is 2. The van der Waals surface area contributed by atoms with Gasteiger partial charge < -0.3 is 9.84 Å². The highest BCUT2D eigenvalue weighted by atomic mass is 19.1. The van der Waals surface area contributed by atoms with Gasteiger partial charge in [-0.2, -0.15) is 5.10 Å². The van der Waals surface area contributed by atoms with E-state index in [9.17, 15) is 14.3 Å². The van der Waals surface area contributed by atoms with Crippen LogP contribution in [0, 0.1) is 26.6 Å². The van der Waals surface area contributed by atoms with Crippen molar-refractivity contribution in [2.75, 3.05) is 6.61 Å². The van der Waals surface area contributed by atoms with Gasteiger partial charge in [-0.1, -0.05) is 30.3 Å². The molecule has 4 aromatic rings. The fourth-order valence-electron chi connectivity index (χ4n) is 3.76. The molecule has 1 atom stereocenters. The van der Waals surface area contributed by atoms with E-state index in [1.165, 1.54) is 16.8 Å². The molecule has 1 N–H and O–H groups in total. The van der Waals surface area contributed by atoms with Crippen LogP contribution in [0.5, 0.6) is 5.75 Å². The first-order valence-corrected chi connectivity index (χ1v) is 10.5. The molecule has 0 aliphatic rings. The fraction of sp³-hybridized carbons (Fsp3) is 0.231. The number of halogens is 1. The molecule has 0 fully saturated rings. The van der Waals surface area contributed by atoms with Gasteiger partial charge in [0.2, 0.25) is 0 Å². The Morgan fingerprint density at radius 1 is 0.969 bits per heavy atom. The summed E-state index contributed by atoms with van der Waals surface area (Å²) < 4.78 is 20.6. The van der Waals surface area contributed by atoms with E-state index in [1.807, 2.05) is 45.0 Å². The monoisotopic (exact) mass is 432 g/mol. The van der Waals surface area contributed by atoms with Crippen molar-refractivity contribution < 1.29 is 14.2 Å². The Kier molecular flexibility index (Phi) is 6.06. The van der Waals surface area contributed by atoms with Crippen LogP contribution in [-0.2, 0) is 6.54 Å². The van der Waals surface area contributed by atoms with Crippen molar-refractivity contribution in [1.82, 2.24) is 9.78 Å². The zero-order chi connectivity index (χ0) is 22.8. The molecule has 0 saturated carbocycles. The van der Waals surface area contributed by atoms with E-state index in [4.69, 9.17) is 4.74 Å². The summed E-state index contributed by atoms with van der Waals surface area (Å²) in [6.45, 7) is 5.94. The summed E-state index contributed by atoms with van der Waals surface area (Å²) in [5.74, 6) is 0.399. The van der Waals surface area contributed by atoms with Crippen LogP contribution >= 0.6 is 0 Å². The zero-order valence-corrected chi connectivity index (χ0v) is 18.3. The van der Waals surface area contributed by atoms with Crippen LogP contribution in [0.3, 0.4) is 0 Å². The first-order valence-electron chi connectivity index (χ1n) is 10.5.